The van der Waals surface area contributed by atoms with Gasteiger partial charge in [-0.05, 0) is 43.4 Å². The molecular formula is C19H28N2O5S. The van der Waals surface area contributed by atoms with E-state index >= 15 is 0 Å². The Kier molecular flexibility index (Phi) is 7.00. The first-order chi connectivity index (χ1) is 12.7. The van der Waals surface area contributed by atoms with Gasteiger partial charge in [-0.15, -0.1) is 0 Å². The molecule has 0 radical (unpaired) electrons. The second-order valence-electron chi connectivity index (χ2n) is 7.16. The van der Waals surface area contributed by atoms with Gasteiger partial charge in [0, 0.05) is 18.7 Å². The number of sulfonamides is 1. The topological polar surface area (TPSA) is 92.8 Å². The highest BCUT2D eigenvalue weighted by molar-refractivity contribution is 7.89. The molecule has 27 heavy (non-hydrogen) atoms. The van der Waals surface area contributed by atoms with Crippen LogP contribution in [0.4, 0.5) is 0 Å². The molecule has 7 nitrogen and oxygen atoms in total. The van der Waals surface area contributed by atoms with Crippen LogP contribution in [0.3, 0.4) is 0 Å². The summed E-state index contributed by atoms with van der Waals surface area (Å²) in [6, 6.07) is 3.73. The number of esters is 1. The number of piperidine rings is 1. The van der Waals surface area contributed by atoms with Gasteiger partial charge in [0.15, 0.2) is 0 Å². The van der Waals surface area contributed by atoms with E-state index in [-0.39, 0.29) is 16.4 Å². The van der Waals surface area contributed by atoms with Crippen LogP contribution >= 0.6 is 0 Å². The van der Waals surface area contributed by atoms with Crippen molar-refractivity contribution in [3.63, 3.8) is 0 Å². The first-order valence-electron chi connectivity index (χ1n) is 9.18. The molecule has 2 rings (SSSR count). The molecule has 1 amide bonds. The highest BCUT2D eigenvalue weighted by Crippen LogP contribution is 2.23. The van der Waals surface area contributed by atoms with Gasteiger partial charge in [0.25, 0.3) is 5.91 Å². The molecule has 1 aliphatic heterocycles. The summed E-state index contributed by atoms with van der Waals surface area (Å²) in [6.07, 6.45) is 2.71. The maximum atomic E-state index is 12.9. The summed E-state index contributed by atoms with van der Waals surface area (Å²) in [5, 5.41) is 2.66. The summed E-state index contributed by atoms with van der Waals surface area (Å²) in [7, 11) is -2.37. The second kappa shape index (κ2) is 8.84. The lowest BCUT2D eigenvalue weighted by atomic mass is 10.0. The molecule has 1 heterocycles. The molecule has 0 aliphatic carbocycles. The van der Waals surface area contributed by atoms with Crippen LogP contribution in [0.25, 0.3) is 0 Å². The molecule has 8 heteroatoms. The highest BCUT2D eigenvalue weighted by atomic mass is 32.2. The summed E-state index contributed by atoms with van der Waals surface area (Å²) < 4.78 is 32.0. The van der Waals surface area contributed by atoms with Gasteiger partial charge in [-0.25, -0.2) is 13.2 Å². The third-order valence-corrected chi connectivity index (χ3v) is 6.71. The van der Waals surface area contributed by atoms with Crippen molar-refractivity contribution in [3.05, 3.63) is 29.3 Å². The molecule has 1 saturated heterocycles. The summed E-state index contributed by atoms with van der Waals surface area (Å²) in [6.45, 7) is 6.32. The number of benzene rings is 1. The predicted octanol–water partition coefficient (Wildman–Crippen LogP) is 2.10. The van der Waals surface area contributed by atoms with Gasteiger partial charge in [-0.1, -0.05) is 26.3 Å². The van der Waals surface area contributed by atoms with Crippen LogP contribution in [0.2, 0.25) is 0 Å². The molecule has 1 aliphatic rings. The molecular weight excluding hydrogens is 368 g/mol. The number of carbonyl (C=O) groups excluding carboxylic acids is 2. The van der Waals surface area contributed by atoms with Gasteiger partial charge in [-0.3, -0.25) is 4.79 Å². The average molecular weight is 397 g/mol. The predicted molar refractivity (Wildman–Crippen MR) is 102 cm³/mol. The third kappa shape index (κ3) is 4.87. The normalized spacial score (nSPS) is 16.8. The number of carbonyl (C=O) groups is 2. The molecule has 1 fully saturated rings. The molecule has 1 N–H and O–H groups in total. The molecule has 1 aromatic carbocycles. The summed E-state index contributed by atoms with van der Waals surface area (Å²) in [4.78, 5) is 24.7. The van der Waals surface area contributed by atoms with Crippen LogP contribution in [0, 0.1) is 12.8 Å². The van der Waals surface area contributed by atoms with Gasteiger partial charge < -0.3 is 10.1 Å². The second-order valence-corrected chi connectivity index (χ2v) is 9.10. The van der Waals surface area contributed by atoms with Crippen LogP contribution in [-0.2, 0) is 19.6 Å². The van der Waals surface area contributed by atoms with E-state index in [0.717, 1.165) is 19.3 Å². The van der Waals surface area contributed by atoms with Gasteiger partial charge in [-0.2, -0.15) is 4.31 Å². The zero-order chi connectivity index (χ0) is 20.2. The van der Waals surface area contributed by atoms with Crippen molar-refractivity contribution in [2.45, 2.75) is 51.0 Å². The standard InChI is InChI=1S/C19H28N2O5S/c1-13(2)17(19(23)26-4)20-18(22)16-12-15(9-8-14(16)3)27(24,25)21-10-6-5-7-11-21/h8-9,12-13,17H,5-7,10-11H2,1-4H3,(H,20,22)/t17-/m0/s1. The largest absolute Gasteiger partial charge is 0.467 e. The van der Waals surface area contributed by atoms with Crippen LogP contribution in [-0.4, -0.2) is 50.8 Å². The number of ether oxygens (including phenoxy) is 1. The number of nitrogens with zero attached hydrogens (tertiary/aromatic N) is 1. The monoisotopic (exact) mass is 396 g/mol. The Bertz CT molecular complexity index is 798. The summed E-state index contributed by atoms with van der Waals surface area (Å²) in [5.41, 5.74) is 0.875. The Morgan fingerprint density at radius 2 is 1.78 bits per heavy atom. The highest BCUT2D eigenvalue weighted by Gasteiger charge is 2.29. The third-order valence-electron chi connectivity index (χ3n) is 4.81. The smallest absolute Gasteiger partial charge is 0.328 e. The molecule has 0 bridgehead atoms. The van der Waals surface area contributed by atoms with E-state index in [4.69, 9.17) is 4.74 Å². The first-order valence-corrected chi connectivity index (χ1v) is 10.6. The minimum Gasteiger partial charge on any atom is -0.467 e. The van der Waals surface area contributed by atoms with E-state index in [1.807, 2.05) is 0 Å². The summed E-state index contributed by atoms with van der Waals surface area (Å²) in [5.74, 6) is -1.19. The van der Waals surface area contributed by atoms with Crippen molar-refractivity contribution < 1.29 is 22.7 Å². The maximum absolute atomic E-state index is 12.9. The Morgan fingerprint density at radius 1 is 1.15 bits per heavy atom. The van der Waals surface area contributed by atoms with Crippen LogP contribution in [0.5, 0.6) is 0 Å². The maximum Gasteiger partial charge on any atom is 0.328 e. The molecule has 0 saturated carbocycles. The quantitative estimate of drug-likeness (QED) is 0.744. The lowest BCUT2D eigenvalue weighted by Crippen LogP contribution is -2.45. The number of rotatable bonds is 6. The molecule has 1 atom stereocenters. The molecule has 1 aromatic rings. The zero-order valence-corrected chi connectivity index (χ0v) is 17.1. The molecule has 0 unspecified atom stereocenters. The van der Waals surface area contributed by atoms with Crippen molar-refractivity contribution >= 4 is 21.9 Å². The van der Waals surface area contributed by atoms with E-state index in [0.29, 0.717) is 18.7 Å². The molecule has 0 aromatic heterocycles. The number of methoxy groups -OCH3 is 1. The van der Waals surface area contributed by atoms with Gasteiger partial charge in [0.1, 0.15) is 6.04 Å². The number of aryl methyl sites for hydroxylation is 1. The molecule has 0 spiro atoms. The van der Waals surface area contributed by atoms with Gasteiger partial charge in [0.05, 0.1) is 12.0 Å². The fourth-order valence-corrected chi connectivity index (χ4v) is 4.65. The van der Waals surface area contributed by atoms with Crippen LogP contribution in [0.15, 0.2) is 23.1 Å². The van der Waals surface area contributed by atoms with E-state index < -0.39 is 27.9 Å². The van der Waals surface area contributed by atoms with E-state index in [2.05, 4.69) is 5.32 Å². The fraction of sp³-hybridized carbons (Fsp3) is 0.579. The lowest BCUT2D eigenvalue weighted by Gasteiger charge is -2.26. The first kappa shape index (κ1) is 21.4. The van der Waals surface area contributed by atoms with E-state index in [1.165, 1.54) is 23.5 Å². The van der Waals surface area contributed by atoms with Crippen molar-refractivity contribution in [3.8, 4) is 0 Å². The van der Waals surface area contributed by atoms with Crippen molar-refractivity contribution in [2.24, 2.45) is 5.92 Å². The Hall–Kier alpha value is -1.93. The minimum atomic E-state index is -3.64. The number of hydrogen-bond donors (Lipinski definition) is 1. The van der Waals surface area contributed by atoms with Gasteiger partial charge >= 0.3 is 5.97 Å². The van der Waals surface area contributed by atoms with Crippen LogP contribution < -0.4 is 5.32 Å². The van der Waals surface area contributed by atoms with Gasteiger partial charge in [0.2, 0.25) is 10.0 Å². The number of nitrogens with one attached hydrogen (secondary N) is 1. The lowest BCUT2D eigenvalue weighted by molar-refractivity contribution is -0.144. The number of amides is 1. The Labute approximate surface area is 161 Å². The number of hydrogen-bond acceptors (Lipinski definition) is 5. The van der Waals surface area contributed by atoms with Crippen molar-refractivity contribution in [1.82, 2.24) is 9.62 Å². The van der Waals surface area contributed by atoms with E-state index in [1.54, 1.807) is 26.8 Å². The summed E-state index contributed by atoms with van der Waals surface area (Å²) >= 11 is 0. The Balaban J connectivity index is 2.31. The zero-order valence-electron chi connectivity index (χ0n) is 16.3. The van der Waals surface area contributed by atoms with Crippen molar-refractivity contribution in [1.29, 1.82) is 0 Å². The van der Waals surface area contributed by atoms with Crippen molar-refractivity contribution in [2.75, 3.05) is 20.2 Å². The SMILES string of the molecule is COC(=O)[C@@H](NC(=O)c1cc(S(=O)(=O)N2CCCCC2)ccc1C)C(C)C. The average Bonchev–Trinajstić information content (AvgIpc) is 2.65. The fourth-order valence-electron chi connectivity index (χ4n) is 3.10. The van der Waals surface area contributed by atoms with E-state index in [9.17, 15) is 18.0 Å². The van der Waals surface area contributed by atoms with Crippen LogP contribution in [0.1, 0.15) is 49.0 Å². The Morgan fingerprint density at radius 3 is 2.33 bits per heavy atom. The molecule has 150 valence electrons. The minimum absolute atomic E-state index is 0.0966.